The van der Waals surface area contributed by atoms with Crippen LogP contribution in [0.1, 0.15) is 0 Å². The third-order valence-electron chi connectivity index (χ3n) is 2.16. The molecule has 1 aliphatic rings. The maximum atomic E-state index is 11.7. The number of nitrogens with one attached hydrogen (secondary N) is 1. The molecule has 0 aromatic rings. The lowest BCUT2D eigenvalue weighted by molar-refractivity contribution is -0.146. The van der Waals surface area contributed by atoms with E-state index in [0.29, 0.717) is 0 Å². The number of likely N-dealkylation sites (tertiary alicyclic amines) is 1. The fourth-order valence-corrected chi connectivity index (χ4v) is 1.67. The molecule has 2 N–H and O–H groups in total. The van der Waals surface area contributed by atoms with E-state index in [1.807, 2.05) is 0 Å². The summed E-state index contributed by atoms with van der Waals surface area (Å²) in [4.78, 5) is 22.9. The molecule has 0 spiro atoms. The summed E-state index contributed by atoms with van der Waals surface area (Å²) in [5.41, 5.74) is -4.30. The number of carbonyl (C=O) groups is 2. The molecule has 2 amide bonds. The summed E-state index contributed by atoms with van der Waals surface area (Å²) in [6, 6.07) is -0.523. The van der Waals surface area contributed by atoms with Crippen molar-refractivity contribution in [2.24, 2.45) is 5.92 Å². The Morgan fingerprint density at radius 2 is 2.00 bits per heavy atom. The zero-order valence-electron chi connectivity index (χ0n) is 8.66. The number of carboxylic acids is 1. The van der Waals surface area contributed by atoms with Gasteiger partial charge in [0.15, 0.2) is 0 Å². The lowest BCUT2D eigenvalue weighted by atomic mass is 10.0. The van der Waals surface area contributed by atoms with Crippen LogP contribution in [0, 0.1) is 5.92 Å². The highest BCUT2D eigenvalue weighted by Gasteiger charge is 2.35. The van der Waals surface area contributed by atoms with Crippen molar-refractivity contribution in [3.05, 3.63) is 0 Å². The summed E-state index contributed by atoms with van der Waals surface area (Å²) in [5.74, 6) is -1.79. The second-order valence-electron chi connectivity index (χ2n) is 3.47. The van der Waals surface area contributed by atoms with Crippen molar-refractivity contribution in [3.8, 4) is 0 Å². The smallest absolute Gasteiger partial charge is 0.441 e. The van der Waals surface area contributed by atoms with Crippen LogP contribution in [0.25, 0.3) is 0 Å². The molecule has 1 aliphatic heterocycles. The number of urea groups is 1. The van der Waals surface area contributed by atoms with Crippen molar-refractivity contribution >= 4 is 23.8 Å². The van der Waals surface area contributed by atoms with Crippen LogP contribution in [0.3, 0.4) is 0 Å². The van der Waals surface area contributed by atoms with Crippen LogP contribution in [0.2, 0.25) is 0 Å². The maximum Gasteiger partial charge on any atom is 0.441 e. The predicted molar refractivity (Wildman–Crippen MR) is 54.6 cm³/mol. The van der Waals surface area contributed by atoms with Gasteiger partial charge in [-0.2, -0.15) is 13.2 Å². The van der Waals surface area contributed by atoms with Crippen LogP contribution >= 0.6 is 11.8 Å². The molecule has 0 saturated carbocycles. The second-order valence-corrected chi connectivity index (χ2v) is 4.63. The van der Waals surface area contributed by atoms with Gasteiger partial charge in [-0.1, -0.05) is 0 Å². The van der Waals surface area contributed by atoms with E-state index < -0.39 is 23.4 Å². The Labute approximate surface area is 99.3 Å². The molecule has 0 aromatic heterocycles. The van der Waals surface area contributed by atoms with E-state index in [1.54, 1.807) is 0 Å². The number of thioether (sulfide) groups is 1. The second kappa shape index (κ2) is 5.48. The zero-order chi connectivity index (χ0) is 13.1. The number of alkyl halides is 3. The van der Waals surface area contributed by atoms with Gasteiger partial charge in [-0.15, -0.1) is 0 Å². The van der Waals surface area contributed by atoms with E-state index in [2.05, 4.69) is 5.32 Å². The fraction of sp³-hybridized carbons (Fsp3) is 0.750. The molecule has 0 aliphatic carbocycles. The lowest BCUT2D eigenvalue weighted by Gasteiger charge is -2.36. The minimum absolute atomic E-state index is 0.1000. The fourth-order valence-electron chi connectivity index (χ4n) is 1.24. The quantitative estimate of drug-likeness (QED) is 0.748. The number of carbonyl (C=O) groups excluding carboxylic acids is 1. The molecule has 1 rings (SSSR count). The van der Waals surface area contributed by atoms with Crippen LogP contribution in [0.15, 0.2) is 0 Å². The first-order valence-corrected chi connectivity index (χ1v) is 5.74. The Hall–Kier alpha value is -1.12. The summed E-state index contributed by atoms with van der Waals surface area (Å²) in [6.45, 7) is 0.110. The number of halogens is 3. The van der Waals surface area contributed by atoms with Crippen LogP contribution in [0.4, 0.5) is 18.0 Å². The summed E-state index contributed by atoms with van der Waals surface area (Å²) in [7, 11) is 0. The van der Waals surface area contributed by atoms with Gasteiger partial charge in [0.25, 0.3) is 0 Å². The average molecular weight is 272 g/mol. The van der Waals surface area contributed by atoms with Crippen LogP contribution in [-0.4, -0.2) is 52.9 Å². The third kappa shape index (κ3) is 4.72. The van der Waals surface area contributed by atoms with Crippen LogP contribution in [-0.2, 0) is 4.79 Å². The molecule has 1 saturated heterocycles. The van der Waals surface area contributed by atoms with Crippen LogP contribution < -0.4 is 5.32 Å². The molecule has 0 bridgehead atoms. The lowest BCUT2D eigenvalue weighted by Crippen LogP contribution is -2.56. The van der Waals surface area contributed by atoms with Gasteiger partial charge < -0.3 is 15.3 Å². The van der Waals surface area contributed by atoms with Crippen molar-refractivity contribution < 1.29 is 27.9 Å². The molecule has 9 heteroatoms. The first-order valence-electron chi connectivity index (χ1n) is 4.76. The predicted octanol–water partition coefficient (Wildman–Crippen LogP) is 0.965. The minimum Gasteiger partial charge on any atom is -0.481 e. The van der Waals surface area contributed by atoms with Gasteiger partial charge in [-0.25, -0.2) is 4.79 Å². The van der Waals surface area contributed by atoms with Crippen LogP contribution in [0.5, 0.6) is 0 Å². The monoisotopic (exact) mass is 272 g/mol. The average Bonchev–Trinajstić information content (AvgIpc) is 2.07. The first-order chi connectivity index (χ1) is 7.79. The van der Waals surface area contributed by atoms with Crippen molar-refractivity contribution in [1.82, 2.24) is 10.2 Å². The summed E-state index contributed by atoms with van der Waals surface area (Å²) in [6.07, 6.45) is 0. The van der Waals surface area contributed by atoms with Crippen molar-refractivity contribution in [2.75, 3.05) is 25.4 Å². The van der Waals surface area contributed by atoms with E-state index in [9.17, 15) is 22.8 Å². The molecular weight excluding hydrogens is 261 g/mol. The topological polar surface area (TPSA) is 69.6 Å². The number of amides is 2. The van der Waals surface area contributed by atoms with Gasteiger partial charge >= 0.3 is 17.5 Å². The largest absolute Gasteiger partial charge is 0.481 e. The van der Waals surface area contributed by atoms with E-state index in [0.717, 1.165) is 0 Å². The number of carboxylic acid groups (broad SMARTS) is 1. The highest BCUT2D eigenvalue weighted by Crippen LogP contribution is 2.29. The van der Waals surface area contributed by atoms with Gasteiger partial charge in [0.05, 0.1) is 5.92 Å². The summed E-state index contributed by atoms with van der Waals surface area (Å²) >= 11 is -0.209. The molecule has 98 valence electrons. The van der Waals surface area contributed by atoms with Gasteiger partial charge in [0.2, 0.25) is 0 Å². The highest BCUT2D eigenvalue weighted by molar-refractivity contribution is 8.00. The molecule has 0 aromatic carbocycles. The number of aliphatic carboxylic acids is 1. The Morgan fingerprint density at radius 3 is 2.47 bits per heavy atom. The van der Waals surface area contributed by atoms with E-state index in [4.69, 9.17) is 5.11 Å². The summed E-state index contributed by atoms with van der Waals surface area (Å²) < 4.78 is 35.2. The Morgan fingerprint density at radius 1 is 1.41 bits per heavy atom. The van der Waals surface area contributed by atoms with E-state index >= 15 is 0 Å². The summed E-state index contributed by atoms with van der Waals surface area (Å²) in [5, 5.41) is 10.8. The third-order valence-corrected chi connectivity index (χ3v) is 2.90. The van der Waals surface area contributed by atoms with Gasteiger partial charge in [0, 0.05) is 25.4 Å². The SMILES string of the molecule is O=C(O)C1CN(C(=O)NCCSC(F)(F)F)C1. The first kappa shape index (κ1) is 13.9. The normalized spacial score (nSPS) is 16.5. The Bertz CT molecular complexity index is 305. The number of rotatable bonds is 4. The molecule has 5 nitrogen and oxygen atoms in total. The minimum atomic E-state index is -4.30. The molecule has 17 heavy (non-hydrogen) atoms. The number of hydrogen-bond acceptors (Lipinski definition) is 3. The van der Waals surface area contributed by atoms with Gasteiger partial charge in [0.1, 0.15) is 0 Å². The molecule has 0 radical (unpaired) electrons. The Balaban J connectivity index is 2.09. The molecule has 0 unspecified atom stereocenters. The van der Waals surface area contributed by atoms with Gasteiger partial charge in [-0.05, 0) is 11.8 Å². The van der Waals surface area contributed by atoms with E-state index in [-0.39, 0.29) is 37.1 Å². The molecule has 0 atom stereocenters. The molecular formula is C8H11F3N2O3S. The zero-order valence-corrected chi connectivity index (χ0v) is 9.48. The van der Waals surface area contributed by atoms with Crippen molar-refractivity contribution in [3.63, 3.8) is 0 Å². The number of hydrogen-bond donors (Lipinski definition) is 2. The van der Waals surface area contributed by atoms with Gasteiger partial charge in [-0.3, -0.25) is 4.79 Å². The number of nitrogens with zero attached hydrogens (tertiary/aromatic N) is 1. The highest BCUT2D eigenvalue weighted by atomic mass is 32.2. The van der Waals surface area contributed by atoms with E-state index in [1.165, 1.54) is 4.90 Å². The Kier molecular flexibility index (Phi) is 4.49. The van der Waals surface area contributed by atoms with Crippen molar-refractivity contribution in [1.29, 1.82) is 0 Å². The maximum absolute atomic E-state index is 11.7. The van der Waals surface area contributed by atoms with Crippen molar-refractivity contribution in [2.45, 2.75) is 5.51 Å². The molecule has 1 fully saturated rings. The standard InChI is InChI=1S/C8H11F3N2O3S/c9-8(10,11)17-2-1-12-7(16)13-3-5(4-13)6(14)15/h5H,1-4H2,(H,12,16)(H,14,15). The molecule has 1 heterocycles.